The first-order valence-electron chi connectivity index (χ1n) is 14.6. The predicted octanol–water partition coefficient (Wildman–Crippen LogP) is 6.62. The van der Waals surface area contributed by atoms with Gasteiger partial charge in [0, 0.05) is 53.1 Å². The van der Waals surface area contributed by atoms with Gasteiger partial charge < -0.3 is 4.57 Å². The maximum absolute atomic E-state index is 13.1. The number of aromatic nitrogens is 3. The van der Waals surface area contributed by atoms with Gasteiger partial charge >= 0.3 is 0 Å². The lowest BCUT2D eigenvalue weighted by Gasteiger charge is -2.40. The molecule has 6 nitrogen and oxygen atoms in total. The van der Waals surface area contributed by atoms with Gasteiger partial charge in [0.1, 0.15) is 11.6 Å². The highest BCUT2D eigenvalue weighted by atomic mass is 32.2. The van der Waals surface area contributed by atoms with E-state index in [4.69, 9.17) is 4.99 Å². The number of allylic oxidation sites excluding steroid dienone is 2. The zero-order valence-corrected chi connectivity index (χ0v) is 23.6. The van der Waals surface area contributed by atoms with E-state index in [-0.39, 0.29) is 11.8 Å². The molecule has 4 heterocycles. The fraction of sp³-hybridized carbons (Fsp3) is 0.793. The summed E-state index contributed by atoms with van der Waals surface area (Å²) in [6.07, 6.45) is 16.1. The minimum atomic E-state index is 0.150. The van der Waals surface area contributed by atoms with Gasteiger partial charge in [-0.05, 0) is 58.3 Å². The highest BCUT2D eigenvalue weighted by Crippen LogP contribution is 2.43. The lowest BCUT2D eigenvalue weighted by molar-refractivity contribution is -0.122. The third kappa shape index (κ3) is 5.52. The molecule has 4 aliphatic rings. The molecule has 3 fully saturated rings. The number of aliphatic imine (C=N–C) groups is 1. The summed E-state index contributed by atoms with van der Waals surface area (Å²) in [6, 6.07) is 1.73. The molecule has 1 aromatic heterocycles. The van der Waals surface area contributed by atoms with Crippen molar-refractivity contribution in [2.75, 3.05) is 6.54 Å². The van der Waals surface area contributed by atoms with Crippen molar-refractivity contribution in [3.8, 4) is 0 Å². The van der Waals surface area contributed by atoms with Crippen molar-refractivity contribution in [2.24, 2.45) is 10.9 Å². The van der Waals surface area contributed by atoms with Crippen molar-refractivity contribution < 1.29 is 4.79 Å². The lowest BCUT2D eigenvalue weighted by atomic mass is 9.89. The maximum Gasteiger partial charge on any atom is 0.249 e. The molecule has 5 rings (SSSR count). The highest BCUT2D eigenvalue weighted by Gasteiger charge is 2.42. The van der Waals surface area contributed by atoms with Crippen molar-refractivity contribution in [3.05, 3.63) is 22.6 Å². The Hall–Kier alpha value is -1.47. The zero-order valence-electron chi connectivity index (χ0n) is 22.8. The molecule has 0 N–H and O–H groups in total. The van der Waals surface area contributed by atoms with Gasteiger partial charge in [0.25, 0.3) is 0 Å². The van der Waals surface area contributed by atoms with E-state index >= 15 is 0 Å². The van der Waals surface area contributed by atoms with Gasteiger partial charge in [-0.1, -0.05) is 46.1 Å². The van der Waals surface area contributed by atoms with E-state index in [2.05, 4.69) is 53.4 Å². The summed E-state index contributed by atoms with van der Waals surface area (Å²) in [5.41, 5.74) is 1.07. The first-order chi connectivity index (χ1) is 17.4. The van der Waals surface area contributed by atoms with Crippen molar-refractivity contribution in [2.45, 2.75) is 134 Å². The van der Waals surface area contributed by atoms with Gasteiger partial charge in [-0.25, -0.2) is 4.99 Å². The minimum absolute atomic E-state index is 0.150. The third-order valence-electron chi connectivity index (χ3n) is 9.04. The average Bonchev–Trinajstić information content (AvgIpc) is 3.58. The van der Waals surface area contributed by atoms with Gasteiger partial charge in [0.15, 0.2) is 0 Å². The number of carbonyl (C=O) groups is 1. The quantitative estimate of drug-likeness (QED) is 0.367. The van der Waals surface area contributed by atoms with Gasteiger partial charge in [-0.15, -0.1) is 22.0 Å². The topological polar surface area (TPSA) is 63.4 Å². The molecule has 2 bridgehead atoms. The Morgan fingerprint density at radius 1 is 1.08 bits per heavy atom. The zero-order chi connectivity index (χ0) is 25.2. The second-order valence-electron chi connectivity index (χ2n) is 11.8. The summed E-state index contributed by atoms with van der Waals surface area (Å²) in [7, 11) is 0. The number of carbonyl (C=O) groups excluding carboxylic acids is 1. The summed E-state index contributed by atoms with van der Waals surface area (Å²) >= 11 is 1.96. The second kappa shape index (κ2) is 11.5. The Kier molecular flexibility index (Phi) is 8.36. The number of rotatable bonds is 8. The number of amides is 1. The maximum atomic E-state index is 13.1. The Labute approximate surface area is 221 Å². The summed E-state index contributed by atoms with van der Waals surface area (Å²) in [5.74, 6) is 2.89. The highest BCUT2D eigenvalue weighted by molar-refractivity contribution is 8.04. The molecule has 4 atom stereocenters. The molecule has 1 aromatic rings. The van der Waals surface area contributed by atoms with Crippen LogP contribution >= 0.6 is 11.8 Å². The number of nitrogens with zero attached hydrogens (tertiary/aromatic N) is 5. The number of thioether (sulfide) groups is 1. The fourth-order valence-electron chi connectivity index (χ4n) is 7.05. The van der Waals surface area contributed by atoms with E-state index in [1.807, 2.05) is 11.8 Å². The van der Waals surface area contributed by atoms with Crippen LogP contribution in [0.5, 0.6) is 0 Å². The largest absolute Gasteiger partial charge is 0.312 e. The molecule has 0 aromatic carbocycles. The number of hydrogen-bond donors (Lipinski definition) is 0. The van der Waals surface area contributed by atoms with Crippen LogP contribution in [-0.4, -0.2) is 55.2 Å². The Bertz CT molecular complexity index is 978. The Morgan fingerprint density at radius 3 is 2.44 bits per heavy atom. The number of fused-ring (bicyclic) bond motifs is 2. The van der Waals surface area contributed by atoms with Crippen LogP contribution in [-0.2, 0) is 4.79 Å². The van der Waals surface area contributed by atoms with Crippen LogP contribution in [0.4, 0.5) is 0 Å². The second-order valence-corrected chi connectivity index (χ2v) is 13.2. The lowest BCUT2D eigenvalue weighted by Crippen LogP contribution is -2.44. The smallest absolute Gasteiger partial charge is 0.249 e. The van der Waals surface area contributed by atoms with Gasteiger partial charge in [0.05, 0.1) is 5.71 Å². The van der Waals surface area contributed by atoms with Gasteiger partial charge in [-0.3, -0.25) is 9.69 Å². The van der Waals surface area contributed by atoms with Crippen LogP contribution in [0.1, 0.15) is 121 Å². The monoisotopic (exact) mass is 511 g/mol. The standard InChI is InChI=1S/C29H45N5OS/c1-5-25-13-14-27(36-25)26(30-29(35)21-9-7-6-8-10-21)15-16-33-22-11-12-23(33)18-24(17-22)34-20(4)31-32-28(34)19(2)3/h14,19,21-25H,5-13,15-18H2,1-4H3/b30-26-/t22-,23?,24?,25?/m1/s1. The van der Waals surface area contributed by atoms with Crippen molar-refractivity contribution in [1.82, 2.24) is 19.7 Å². The summed E-state index contributed by atoms with van der Waals surface area (Å²) < 4.78 is 2.44. The molecule has 0 spiro atoms. The number of hydrogen-bond acceptors (Lipinski definition) is 5. The molecule has 7 heteroatoms. The van der Waals surface area contributed by atoms with Gasteiger partial charge in [-0.2, -0.15) is 0 Å². The van der Waals surface area contributed by atoms with Crippen LogP contribution < -0.4 is 0 Å². The molecule has 1 aliphatic carbocycles. The van der Waals surface area contributed by atoms with Crippen molar-refractivity contribution in [3.63, 3.8) is 0 Å². The molecule has 2 saturated heterocycles. The third-order valence-corrected chi connectivity index (χ3v) is 10.6. The molecule has 3 aliphatic heterocycles. The molecular weight excluding hydrogens is 466 g/mol. The average molecular weight is 512 g/mol. The SMILES string of the molecule is CCC1CC=C(/C(CCN2C3CC[C@@H]2CC(n2c(C)nnc2C(C)C)C3)=N\C(=O)C2CCCCC2)S1. The summed E-state index contributed by atoms with van der Waals surface area (Å²) in [5, 5.41) is 9.58. The predicted molar refractivity (Wildman–Crippen MR) is 149 cm³/mol. The first kappa shape index (κ1) is 26.1. The molecular formula is C29H45N5OS. The molecule has 198 valence electrons. The Morgan fingerprint density at radius 2 is 1.81 bits per heavy atom. The summed E-state index contributed by atoms with van der Waals surface area (Å²) in [4.78, 5) is 22.0. The van der Waals surface area contributed by atoms with Crippen molar-refractivity contribution >= 4 is 23.4 Å². The molecule has 1 saturated carbocycles. The molecule has 0 radical (unpaired) electrons. The van der Waals surface area contributed by atoms with Crippen LogP contribution in [0.25, 0.3) is 0 Å². The molecule has 1 amide bonds. The number of aryl methyl sites for hydroxylation is 1. The van der Waals surface area contributed by atoms with E-state index in [0.29, 0.717) is 29.3 Å². The molecule has 3 unspecified atom stereocenters. The van der Waals surface area contributed by atoms with Crippen LogP contribution in [0, 0.1) is 12.8 Å². The van der Waals surface area contributed by atoms with Crippen molar-refractivity contribution in [1.29, 1.82) is 0 Å². The summed E-state index contributed by atoms with van der Waals surface area (Å²) in [6.45, 7) is 9.83. The normalized spacial score (nSPS) is 29.8. The van der Waals surface area contributed by atoms with E-state index in [1.54, 1.807) is 0 Å². The van der Waals surface area contributed by atoms with Gasteiger partial charge in [0.2, 0.25) is 5.91 Å². The van der Waals surface area contributed by atoms with Crippen LogP contribution in [0.2, 0.25) is 0 Å². The van der Waals surface area contributed by atoms with E-state index in [9.17, 15) is 4.79 Å². The van der Waals surface area contributed by atoms with Crippen LogP contribution in [0.15, 0.2) is 16.0 Å². The number of piperidine rings is 1. The van der Waals surface area contributed by atoms with E-state index in [0.717, 1.165) is 49.6 Å². The van der Waals surface area contributed by atoms with Crippen LogP contribution in [0.3, 0.4) is 0 Å². The van der Waals surface area contributed by atoms with E-state index < -0.39 is 0 Å². The molecule has 36 heavy (non-hydrogen) atoms. The van der Waals surface area contributed by atoms with E-state index in [1.165, 1.54) is 56.3 Å². The Balaban J connectivity index is 1.28. The first-order valence-corrected chi connectivity index (χ1v) is 15.5. The minimum Gasteiger partial charge on any atom is -0.312 e. The fourth-order valence-corrected chi connectivity index (χ4v) is 8.24.